The van der Waals surface area contributed by atoms with Gasteiger partial charge < -0.3 is 9.64 Å². The molecule has 2 heterocycles. The Morgan fingerprint density at radius 2 is 1.79 bits per heavy atom. The summed E-state index contributed by atoms with van der Waals surface area (Å²) in [5, 5.41) is 1.49. The lowest BCUT2D eigenvalue weighted by Gasteiger charge is -2.38. The van der Waals surface area contributed by atoms with E-state index in [2.05, 4.69) is 19.5 Å². The summed E-state index contributed by atoms with van der Waals surface area (Å²) in [6.45, 7) is 6.93. The smallest absolute Gasteiger partial charge is 0.242 e. The molecule has 4 rings (SSSR count). The zero-order valence-electron chi connectivity index (χ0n) is 18.7. The van der Waals surface area contributed by atoms with Gasteiger partial charge in [-0.25, -0.2) is 13.4 Å². The number of halogens is 1. The summed E-state index contributed by atoms with van der Waals surface area (Å²) >= 11 is 6.15. The van der Waals surface area contributed by atoms with E-state index >= 15 is 0 Å². The molecule has 1 aliphatic rings. The Hall–Kier alpha value is -2.23. The van der Waals surface area contributed by atoms with E-state index in [1.54, 1.807) is 24.3 Å². The predicted octanol–water partition coefficient (Wildman–Crippen LogP) is 3.60. The molecule has 33 heavy (non-hydrogen) atoms. The zero-order valence-corrected chi connectivity index (χ0v) is 20.2. The zero-order chi connectivity index (χ0) is 23.3. The van der Waals surface area contributed by atoms with Gasteiger partial charge in [-0.15, -0.1) is 0 Å². The fourth-order valence-electron chi connectivity index (χ4n) is 4.11. The molecular weight excluding hydrogens is 460 g/mol. The van der Waals surface area contributed by atoms with Gasteiger partial charge in [-0.1, -0.05) is 41.9 Å². The summed E-state index contributed by atoms with van der Waals surface area (Å²) in [5.74, 6) is 0.896. The summed E-state index contributed by atoms with van der Waals surface area (Å²) in [5.41, 5.74) is 0. The summed E-state index contributed by atoms with van der Waals surface area (Å²) in [7, 11) is -3.72. The molecule has 0 spiro atoms. The Labute approximate surface area is 200 Å². The lowest BCUT2D eigenvalue weighted by Crippen LogP contribution is -2.54. The highest BCUT2D eigenvalue weighted by molar-refractivity contribution is 7.89. The van der Waals surface area contributed by atoms with E-state index in [1.165, 1.54) is 6.20 Å². The summed E-state index contributed by atoms with van der Waals surface area (Å²) < 4.78 is 34.9. The van der Waals surface area contributed by atoms with Gasteiger partial charge in [-0.2, -0.15) is 4.72 Å². The van der Waals surface area contributed by atoms with Gasteiger partial charge in [0, 0.05) is 49.7 Å². The summed E-state index contributed by atoms with van der Waals surface area (Å²) in [4.78, 5) is 8.81. The van der Waals surface area contributed by atoms with Gasteiger partial charge in [-0.05, 0) is 37.6 Å². The molecule has 1 saturated heterocycles. The molecular formula is C24H29ClN4O3S. The molecule has 9 heteroatoms. The number of hydrogen-bond donors (Lipinski definition) is 1. The summed E-state index contributed by atoms with van der Waals surface area (Å²) in [6, 6.07) is 16.6. The fourth-order valence-corrected chi connectivity index (χ4v) is 5.78. The summed E-state index contributed by atoms with van der Waals surface area (Å²) in [6.07, 6.45) is 2.17. The van der Waals surface area contributed by atoms with Crippen molar-refractivity contribution in [3.63, 3.8) is 0 Å². The number of benzene rings is 2. The van der Waals surface area contributed by atoms with Crippen LogP contribution in [0.2, 0.25) is 5.15 Å². The average molecular weight is 489 g/mol. The highest BCUT2D eigenvalue weighted by atomic mass is 35.5. The van der Waals surface area contributed by atoms with Crippen molar-refractivity contribution in [2.24, 2.45) is 0 Å². The normalized spacial score (nSPS) is 16.7. The van der Waals surface area contributed by atoms with Crippen molar-refractivity contribution >= 4 is 32.4 Å². The lowest BCUT2D eigenvalue weighted by molar-refractivity contribution is 0.0943. The number of fused-ring (bicyclic) bond motifs is 1. The fraction of sp³-hybridized carbons (Fsp3) is 0.375. The van der Waals surface area contributed by atoms with Gasteiger partial charge >= 0.3 is 0 Å². The molecule has 2 aromatic carbocycles. The molecule has 0 saturated carbocycles. The molecule has 1 fully saturated rings. The van der Waals surface area contributed by atoms with E-state index in [9.17, 15) is 8.42 Å². The molecule has 0 bridgehead atoms. The molecule has 1 N–H and O–H groups in total. The maximum absolute atomic E-state index is 13.1. The molecule has 176 valence electrons. The van der Waals surface area contributed by atoms with Crippen LogP contribution in [-0.2, 0) is 10.0 Å². The molecule has 1 unspecified atom stereocenters. The number of ether oxygens (including phenoxy) is 1. The maximum Gasteiger partial charge on any atom is 0.242 e. The quantitative estimate of drug-likeness (QED) is 0.366. The van der Waals surface area contributed by atoms with Crippen LogP contribution in [0.3, 0.4) is 0 Å². The number of hydrogen-bond acceptors (Lipinski definition) is 6. The van der Waals surface area contributed by atoms with Crippen molar-refractivity contribution in [1.82, 2.24) is 19.5 Å². The van der Waals surface area contributed by atoms with Gasteiger partial charge in [0.05, 0.1) is 17.7 Å². The molecule has 0 radical (unpaired) electrons. The number of nitrogens with zero attached hydrogens (tertiary/aromatic N) is 3. The van der Waals surface area contributed by atoms with Crippen molar-refractivity contribution in [2.75, 3.05) is 39.3 Å². The van der Waals surface area contributed by atoms with Crippen molar-refractivity contribution in [2.45, 2.75) is 24.4 Å². The monoisotopic (exact) mass is 488 g/mol. The molecule has 7 nitrogen and oxygen atoms in total. The number of sulfonamides is 1. The van der Waals surface area contributed by atoms with Crippen molar-refractivity contribution in [3.8, 4) is 5.75 Å². The van der Waals surface area contributed by atoms with Crippen molar-refractivity contribution < 1.29 is 13.2 Å². The van der Waals surface area contributed by atoms with Crippen LogP contribution >= 0.6 is 11.6 Å². The number of nitrogens with one attached hydrogen (secondary N) is 1. The number of rotatable bonds is 9. The molecule has 1 aromatic heterocycles. The third kappa shape index (κ3) is 6.02. The Kier molecular flexibility index (Phi) is 7.82. The van der Waals surface area contributed by atoms with Crippen LogP contribution in [0.5, 0.6) is 5.75 Å². The largest absolute Gasteiger partial charge is 0.494 e. The Bertz CT molecular complexity index is 1170. The third-order valence-corrected chi connectivity index (χ3v) is 7.81. The van der Waals surface area contributed by atoms with E-state index < -0.39 is 10.0 Å². The van der Waals surface area contributed by atoms with Crippen LogP contribution in [0.25, 0.3) is 10.8 Å². The SMILES string of the molecule is CC(NS(=O)(=O)c1cccc2c(Cl)nccc12)N1CCN(CCCOc2ccccc2)CC1. The molecule has 0 amide bonds. The van der Waals surface area contributed by atoms with E-state index in [-0.39, 0.29) is 11.1 Å². The van der Waals surface area contributed by atoms with Crippen LogP contribution in [0.15, 0.2) is 65.7 Å². The molecule has 0 aliphatic carbocycles. The Morgan fingerprint density at radius 1 is 1.03 bits per heavy atom. The van der Waals surface area contributed by atoms with Crippen LogP contribution < -0.4 is 9.46 Å². The molecule has 1 atom stereocenters. The molecule has 1 aliphatic heterocycles. The minimum atomic E-state index is -3.72. The van der Waals surface area contributed by atoms with Crippen LogP contribution in [0.4, 0.5) is 0 Å². The molecule has 3 aromatic rings. The minimum Gasteiger partial charge on any atom is -0.494 e. The highest BCUT2D eigenvalue weighted by Gasteiger charge is 2.26. The topological polar surface area (TPSA) is 74.8 Å². The average Bonchev–Trinajstić information content (AvgIpc) is 2.82. The first kappa shape index (κ1) is 23.9. The van der Waals surface area contributed by atoms with Crippen LogP contribution in [-0.4, -0.2) is 68.7 Å². The highest BCUT2D eigenvalue weighted by Crippen LogP contribution is 2.27. The predicted molar refractivity (Wildman–Crippen MR) is 131 cm³/mol. The maximum atomic E-state index is 13.1. The Morgan fingerprint density at radius 3 is 2.55 bits per heavy atom. The van der Waals surface area contributed by atoms with Crippen LogP contribution in [0, 0.1) is 0 Å². The number of aromatic nitrogens is 1. The van der Waals surface area contributed by atoms with E-state index in [0.29, 0.717) is 22.5 Å². The lowest BCUT2D eigenvalue weighted by atomic mass is 10.2. The first-order valence-corrected chi connectivity index (χ1v) is 13.0. The van der Waals surface area contributed by atoms with Crippen molar-refractivity contribution in [1.29, 1.82) is 0 Å². The second-order valence-corrected chi connectivity index (χ2v) is 10.2. The van der Waals surface area contributed by atoms with E-state index in [0.717, 1.165) is 44.9 Å². The number of piperazine rings is 1. The first-order chi connectivity index (χ1) is 15.9. The second kappa shape index (κ2) is 10.8. The first-order valence-electron chi connectivity index (χ1n) is 11.1. The van der Waals surface area contributed by atoms with Gasteiger partial charge in [0.1, 0.15) is 10.9 Å². The Balaban J connectivity index is 1.27. The van der Waals surface area contributed by atoms with Gasteiger partial charge in [0.15, 0.2) is 0 Å². The number of para-hydroxylation sites is 1. The van der Waals surface area contributed by atoms with E-state index in [4.69, 9.17) is 16.3 Å². The van der Waals surface area contributed by atoms with Crippen molar-refractivity contribution in [3.05, 3.63) is 65.9 Å². The second-order valence-electron chi connectivity index (χ2n) is 8.14. The van der Waals surface area contributed by atoms with Gasteiger partial charge in [0.25, 0.3) is 0 Å². The van der Waals surface area contributed by atoms with Gasteiger partial charge in [0.2, 0.25) is 10.0 Å². The standard InChI is InChI=1S/C24H29ClN4O3S/c1-19(27-33(30,31)23-10-5-9-22-21(23)11-12-26-24(22)25)29-16-14-28(15-17-29)13-6-18-32-20-7-3-2-4-8-20/h2-5,7-12,19,27H,6,13-18H2,1H3. The third-order valence-electron chi connectivity index (χ3n) is 5.92. The minimum absolute atomic E-state index is 0.216. The number of pyridine rings is 1. The van der Waals surface area contributed by atoms with E-state index in [1.807, 2.05) is 37.3 Å². The van der Waals surface area contributed by atoms with Crippen LogP contribution in [0.1, 0.15) is 13.3 Å². The van der Waals surface area contributed by atoms with Gasteiger partial charge in [-0.3, -0.25) is 4.90 Å².